The first-order chi connectivity index (χ1) is 14.9. The molecule has 0 radical (unpaired) electrons. The van der Waals surface area contributed by atoms with E-state index in [1.54, 1.807) is 48.5 Å². The molecular formula is C23H28N4O4S. The van der Waals surface area contributed by atoms with Crippen LogP contribution >= 0.6 is 0 Å². The number of likely N-dealkylation sites (N-methyl/N-ethyl adjacent to an activating group) is 1. The molecule has 1 unspecified atom stereocenters. The third-order valence-corrected chi connectivity index (χ3v) is 6.12. The SMILES string of the molecule is CC(C)CC(NC(=O)c1ccc(-c2ccc(S(C)(=O)=O)cc2)cc1)C(=O)N(C)N(C)C#N. The molecule has 2 amide bonds. The Labute approximate surface area is 189 Å². The lowest BCUT2D eigenvalue weighted by molar-refractivity contribution is -0.142. The van der Waals surface area contributed by atoms with E-state index in [1.165, 1.54) is 19.1 Å². The molecule has 0 aromatic heterocycles. The maximum Gasteiger partial charge on any atom is 0.263 e. The molecule has 0 aliphatic heterocycles. The van der Waals surface area contributed by atoms with Crippen LogP contribution in [0.5, 0.6) is 0 Å². The van der Waals surface area contributed by atoms with Gasteiger partial charge in [-0.15, -0.1) is 0 Å². The number of carbonyl (C=O) groups excluding carboxylic acids is 2. The summed E-state index contributed by atoms with van der Waals surface area (Å²) in [5.74, 6) is -0.614. The fraction of sp³-hybridized carbons (Fsp3) is 0.348. The van der Waals surface area contributed by atoms with Crippen LogP contribution in [0.3, 0.4) is 0 Å². The molecule has 1 atom stereocenters. The summed E-state index contributed by atoms with van der Waals surface area (Å²) in [4.78, 5) is 25.8. The van der Waals surface area contributed by atoms with Gasteiger partial charge in [0.15, 0.2) is 16.0 Å². The summed E-state index contributed by atoms with van der Waals surface area (Å²) in [6.45, 7) is 3.90. The molecule has 2 rings (SSSR count). The number of nitrogens with one attached hydrogen (secondary N) is 1. The second-order valence-electron chi connectivity index (χ2n) is 8.01. The maximum atomic E-state index is 12.8. The molecule has 0 aliphatic rings. The first-order valence-electron chi connectivity index (χ1n) is 10.1. The van der Waals surface area contributed by atoms with Crippen LogP contribution in [0.4, 0.5) is 0 Å². The van der Waals surface area contributed by atoms with Gasteiger partial charge in [0.05, 0.1) is 4.90 Å². The lowest BCUT2D eigenvalue weighted by Gasteiger charge is -2.28. The minimum Gasteiger partial charge on any atom is -0.340 e. The van der Waals surface area contributed by atoms with Gasteiger partial charge in [0, 0.05) is 25.9 Å². The van der Waals surface area contributed by atoms with Crippen LogP contribution in [0.1, 0.15) is 30.6 Å². The molecule has 1 N–H and O–H groups in total. The molecule has 32 heavy (non-hydrogen) atoms. The predicted molar refractivity (Wildman–Crippen MR) is 122 cm³/mol. The molecule has 0 bridgehead atoms. The molecule has 0 fully saturated rings. The number of carbonyl (C=O) groups is 2. The zero-order valence-corrected chi connectivity index (χ0v) is 19.7. The van der Waals surface area contributed by atoms with E-state index in [-0.39, 0.29) is 16.7 Å². The topological polar surface area (TPSA) is 111 Å². The number of nitrogens with zero attached hydrogens (tertiary/aromatic N) is 3. The number of hydrogen-bond acceptors (Lipinski definition) is 6. The maximum absolute atomic E-state index is 12.8. The van der Waals surface area contributed by atoms with Crippen LogP contribution in [0.25, 0.3) is 11.1 Å². The van der Waals surface area contributed by atoms with Gasteiger partial charge >= 0.3 is 0 Å². The molecule has 170 valence electrons. The molecule has 8 nitrogen and oxygen atoms in total. The summed E-state index contributed by atoms with van der Waals surface area (Å²) < 4.78 is 23.2. The molecule has 0 heterocycles. The Morgan fingerprint density at radius 2 is 1.50 bits per heavy atom. The third kappa shape index (κ3) is 6.31. The number of sulfone groups is 1. The average molecular weight is 457 g/mol. The zero-order chi connectivity index (χ0) is 24.1. The van der Waals surface area contributed by atoms with E-state index in [2.05, 4.69) is 5.32 Å². The predicted octanol–water partition coefficient (Wildman–Crippen LogP) is 2.69. The fourth-order valence-corrected chi connectivity index (χ4v) is 3.71. The van der Waals surface area contributed by atoms with Gasteiger partial charge < -0.3 is 5.32 Å². The summed E-state index contributed by atoms with van der Waals surface area (Å²) in [6, 6.07) is 12.6. The van der Waals surface area contributed by atoms with Crippen molar-refractivity contribution in [2.45, 2.75) is 31.2 Å². The largest absolute Gasteiger partial charge is 0.340 e. The van der Waals surface area contributed by atoms with Gasteiger partial charge in [-0.2, -0.15) is 5.26 Å². The number of benzene rings is 2. The first kappa shape index (κ1) is 24.9. The van der Waals surface area contributed by atoms with Crippen LogP contribution in [0, 0.1) is 17.4 Å². The zero-order valence-electron chi connectivity index (χ0n) is 18.9. The monoisotopic (exact) mass is 456 g/mol. The highest BCUT2D eigenvalue weighted by Crippen LogP contribution is 2.22. The van der Waals surface area contributed by atoms with Gasteiger partial charge in [0.25, 0.3) is 11.8 Å². The summed E-state index contributed by atoms with van der Waals surface area (Å²) in [5.41, 5.74) is 2.03. The minimum atomic E-state index is -3.27. The van der Waals surface area contributed by atoms with Crippen molar-refractivity contribution in [1.29, 1.82) is 5.26 Å². The van der Waals surface area contributed by atoms with Gasteiger partial charge in [-0.1, -0.05) is 38.1 Å². The molecule has 9 heteroatoms. The number of rotatable bonds is 8. The van der Waals surface area contributed by atoms with Gasteiger partial charge in [-0.25, -0.2) is 18.4 Å². The van der Waals surface area contributed by atoms with Crippen LogP contribution in [-0.2, 0) is 14.6 Å². The van der Waals surface area contributed by atoms with Crippen molar-refractivity contribution in [3.8, 4) is 17.3 Å². The van der Waals surface area contributed by atoms with E-state index in [9.17, 15) is 18.0 Å². The second kappa shape index (κ2) is 10.3. The molecule has 0 saturated carbocycles. The minimum absolute atomic E-state index is 0.155. The Morgan fingerprint density at radius 1 is 1.00 bits per heavy atom. The Hall–Kier alpha value is -3.38. The van der Waals surface area contributed by atoms with Crippen molar-refractivity contribution in [3.63, 3.8) is 0 Å². The fourth-order valence-electron chi connectivity index (χ4n) is 3.08. The number of hydrogen-bond donors (Lipinski definition) is 1. The van der Waals surface area contributed by atoms with E-state index in [4.69, 9.17) is 5.26 Å². The average Bonchev–Trinajstić information content (AvgIpc) is 2.76. The molecule has 0 aliphatic carbocycles. The molecule has 0 saturated heterocycles. The van der Waals surface area contributed by atoms with E-state index in [0.717, 1.165) is 22.4 Å². The van der Waals surface area contributed by atoms with Crippen LogP contribution in [-0.4, -0.2) is 56.6 Å². The Balaban J connectivity index is 2.17. The Morgan fingerprint density at radius 3 is 1.94 bits per heavy atom. The normalized spacial score (nSPS) is 12.0. The smallest absolute Gasteiger partial charge is 0.263 e. The third-order valence-electron chi connectivity index (χ3n) is 4.99. The Kier molecular flexibility index (Phi) is 8.00. The lowest BCUT2D eigenvalue weighted by atomic mass is 10.0. The van der Waals surface area contributed by atoms with Gasteiger partial charge in [-0.05, 0) is 47.7 Å². The quantitative estimate of drug-likeness (QED) is 0.371. The van der Waals surface area contributed by atoms with Gasteiger partial charge in [0.1, 0.15) is 6.04 Å². The first-order valence-corrected chi connectivity index (χ1v) is 12.0. The van der Waals surface area contributed by atoms with Crippen molar-refractivity contribution >= 4 is 21.7 Å². The van der Waals surface area contributed by atoms with E-state index in [1.807, 2.05) is 20.0 Å². The lowest BCUT2D eigenvalue weighted by Crippen LogP contribution is -2.51. The highest BCUT2D eigenvalue weighted by atomic mass is 32.2. The number of nitriles is 1. The van der Waals surface area contributed by atoms with Crippen molar-refractivity contribution in [2.75, 3.05) is 20.4 Å². The van der Waals surface area contributed by atoms with Crippen LogP contribution < -0.4 is 5.32 Å². The van der Waals surface area contributed by atoms with Gasteiger partial charge in [0.2, 0.25) is 0 Å². The molecule has 0 spiro atoms. The summed E-state index contributed by atoms with van der Waals surface area (Å²) in [7, 11) is -0.319. The van der Waals surface area contributed by atoms with Crippen molar-refractivity contribution in [2.24, 2.45) is 5.92 Å². The highest BCUT2D eigenvalue weighted by Gasteiger charge is 2.27. The van der Waals surface area contributed by atoms with E-state index < -0.39 is 21.8 Å². The standard InChI is InChI=1S/C23H28N4O4S/c1-16(2)14-21(23(29)27(4)26(3)15-24)25-22(28)19-8-6-17(7-9-19)18-10-12-20(13-11-18)32(5,30)31/h6-13,16,21H,14H2,1-5H3,(H,25,28). The van der Waals surface area contributed by atoms with Gasteiger partial charge in [-0.3, -0.25) is 9.59 Å². The summed E-state index contributed by atoms with van der Waals surface area (Å²) in [6.07, 6.45) is 3.45. The molecular weight excluding hydrogens is 428 g/mol. The molecule has 2 aromatic rings. The summed E-state index contributed by atoms with van der Waals surface area (Å²) >= 11 is 0. The van der Waals surface area contributed by atoms with Crippen LogP contribution in [0.2, 0.25) is 0 Å². The van der Waals surface area contributed by atoms with Crippen molar-refractivity contribution < 1.29 is 18.0 Å². The van der Waals surface area contributed by atoms with E-state index in [0.29, 0.717) is 12.0 Å². The van der Waals surface area contributed by atoms with E-state index >= 15 is 0 Å². The van der Waals surface area contributed by atoms with Crippen molar-refractivity contribution in [3.05, 3.63) is 54.1 Å². The second-order valence-corrected chi connectivity index (χ2v) is 10.0. The molecule has 2 aromatic carbocycles. The highest BCUT2D eigenvalue weighted by molar-refractivity contribution is 7.90. The summed E-state index contributed by atoms with van der Waals surface area (Å²) in [5, 5.41) is 14.1. The van der Waals surface area contributed by atoms with Crippen LogP contribution in [0.15, 0.2) is 53.4 Å². The Bertz CT molecular complexity index is 1100. The van der Waals surface area contributed by atoms with Crippen molar-refractivity contribution in [1.82, 2.24) is 15.3 Å². The number of hydrazine groups is 1. The number of amides is 2.